The smallest absolute Gasteiger partial charge is 0.355 e. The molecule has 1 atom stereocenters. The first-order valence-electron chi connectivity index (χ1n) is 7.78. The van der Waals surface area contributed by atoms with Crippen molar-refractivity contribution in [3.8, 4) is 0 Å². The van der Waals surface area contributed by atoms with E-state index in [1.54, 1.807) is 7.05 Å². The molecule has 1 aromatic heterocycles. The molecule has 3 N–H and O–H groups in total. The third-order valence-corrected chi connectivity index (χ3v) is 3.71. The van der Waals surface area contributed by atoms with E-state index in [0.29, 0.717) is 16.8 Å². The van der Waals surface area contributed by atoms with Crippen LogP contribution in [0.3, 0.4) is 0 Å². The molecule has 0 bridgehead atoms. The maximum atomic E-state index is 12.2. The number of aryl methyl sites for hydroxylation is 1. The highest BCUT2D eigenvalue weighted by Crippen LogP contribution is 2.13. The molecule has 0 saturated heterocycles. The van der Waals surface area contributed by atoms with Crippen molar-refractivity contribution in [3.05, 3.63) is 53.3 Å². The lowest BCUT2D eigenvalue weighted by atomic mass is 10.2. The Morgan fingerprint density at radius 2 is 1.73 bits per heavy atom. The Labute approximate surface area is 149 Å². The second kappa shape index (κ2) is 7.64. The lowest BCUT2D eigenvalue weighted by Crippen LogP contribution is -2.30. The number of carbonyl (C=O) groups is 4. The zero-order valence-corrected chi connectivity index (χ0v) is 14.6. The molecule has 8 nitrogen and oxygen atoms in total. The normalized spacial score (nSPS) is 11.5. The zero-order chi connectivity index (χ0) is 19.4. The van der Waals surface area contributed by atoms with E-state index in [1.807, 2.05) is 0 Å². The summed E-state index contributed by atoms with van der Waals surface area (Å²) in [7, 11) is 1.61. The van der Waals surface area contributed by atoms with Crippen LogP contribution in [-0.2, 0) is 16.6 Å². The molecule has 0 saturated carbocycles. The van der Waals surface area contributed by atoms with Crippen LogP contribution in [0.2, 0.25) is 0 Å². The Hall–Kier alpha value is -3.42. The summed E-state index contributed by atoms with van der Waals surface area (Å²) < 4.78 is 6.61. The second-order valence-electron chi connectivity index (χ2n) is 5.76. The molecule has 0 unspecified atom stereocenters. The van der Waals surface area contributed by atoms with E-state index < -0.39 is 23.9 Å². The molecule has 1 aromatic carbocycles. The van der Waals surface area contributed by atoms with E-state index in [9.17, 15) is 19.2 Å². The number of anilines is 1. The first kappa shape index (κ1) is 18.9. The number of nitrogens with one attached hydrogen (secondary N) is 1. The van der Waals surface area contributed by atoms with Crippen LogP contribution in [0, 0.1) is 0 Å². The number of ketones is 1. The van der Waals surface area contributed by atoms with Crippen molar-refractivity contribution in [1.29, 1.82) is 0 Å². The third-order valence-electron chi connectivity index (χ3n) is 3.71. The maximum absolute atomic E-state index is 12.2. The SMILES string of the molecule is CC(=O)c1cc(C(=O)O[C@@H](C)C(=O)Nc2ccc(C(N)=O)cc2)n(C)c1. The Morgan fingerprint density at radius 3 is 2.23 bits per heavy atom. The number of esters is 1. The van der Waals surface area contributed by atoms with E-state index in [1.165, 1.54) is 54.9 Å². The minimum atomic E-state index is -1.06. The van der Waals surface area contributed by atoms with E-state index in [0.717, 1.165) is 0 Å². The standard InChI is InChI=1S/C18H19N3O5/c1-10(22)13-8-15(21(3)9-13)18(25)26-11(2)17(24)20-14-6-4-12(5-7-14)16(19)23/h4-9,11H,1-3H3,(H2,19,23)(H,20,24)/t11-/m0/s1. The Bertz CT molecular complexity index is 867. The summed E-state index contributed by atoms with van der Waals surface area (Å²) in [6.07, 6.45) is 0.457. The zero-order valence-electron chi connectivity index (χ0n) is 14.6. The molecule has 0 aliphatic carbocycles. The van der Waals surface area contributed by atoms with Crippen molar-refractivity contribution in [2.24, 2.45) is 12.8 Å². The van der Waals surface area contributed by atoms with Gasteiger partial charge in [-0.2, -0.15) is 0 Å². The van der Waals surface area contributed by atoms with Gasteiger partial charge in [0.2, 0.25) is 5.91 Å². The summed E-state index contributed by atoms with van der Waals surface area (Å²) in [5.74, 6) is -2.00. The van der Waals surface area contributed by atoms with Crippen LogP contribution in [0.25, 0.3) is 0 Å². The van der Waals surface area contributed by atoms with Crippen LogP contribution >= 0.6 is 0 Å². The average Bonchev–Trinajstić information content (AvgIpc) is 2.97. The van der Waals surface area contributed by atoms with Gasteiger partial charge in [0.05, 0.1) is 0 Å². The first-order chi connectivity index (χ1) is 12.2. The molecule has 26 heavy (non-hydrogen) atoms. The summed E-state index contributed by atoms with van der Waals surface area (Å²) in [4.78, 5) is 46.8. The molecule has 0 fully saturated rings. The lowest BCUT2D eigenvalue weighted by molar-refractivity contribution is -0.123. The average molecular weight is 357 g/mol. The molecule has 136 valence electrons. The van der Waals surface area contributed by atoms with Crippen molar-refractivity contribution >= 4 is 29.3 Å². The monoisotopic (exact) mass is 357 g/mol. The van der Waals surface area contributed by atoms with Gasteiger partial charge in [-0.05, 0) is 44.2 Å². The van der Waals surface area contributed by atoms with Crippen molar-refractivity contribution in [1.82, 2.24) is 4.57 Å². The molecule has 2 amide bonds. The van der Waals surface area contributed by atoms with E-state index in [4.69, 9.17) is 10.5 Å². The molecule has 0 spiro atoms. The van der Waals surface area contributed by atoms with Crippen molar-refractivity contribution in [2.75, 3.05) is 5.32 Å². The van der Waals surface area contributed by atoms with E-state index in [-0.39, 0.29) is 11.5 Å². The summed E-state index contributed by atoms with van der Waals surface area (Å²) in [6, 6.07) is 7.40. The predicted molar refractivity (Wildman–Crippen MR) is 93.9 cm³/mol. The number of benzene rings is 1. The van der Waals surface area contributed by atoms with Gasteiger partial charge in [-0.15, -0.1) is 0 Å². The van der Waals surface area contributed by atoms with Gasteiger partial charge in [0, 0.05) is 30.1 Å². The van der Waals surface area contributed by atoms with E-state index >= 15 is 0 Å². The third kappa shape index (κ3) is 4.35. The molecule has 0 aliphatic rings. The Morgan fingerprint density at radius 1 is 1.12 bits per heavy atom. The number of rotatable bonds is 6. The van der Waals surface area contributed by atoms with Gasteiger partial charge in [-0.3, -0.25) is 14.4 Å². The first-order valence-corrected chi connectivity index (χ1v) is 7.78. The number of nitrogens with zero attached hydrogens (tertiary/aromatic N) is 1. The van der Waals surface area contributed by atoms with Crippen LogP contribution in [0.5, 0.6) is 0 Å². The fraction of sp³-hybridized carbons (Fsp3) is 0.222. The quantitative estimate of drug-likeness (QED) is 0.600. The molecular formula is C18H19N3O5. The van der Waals surface area contributed by atoms with Gasteiger partial charge in [0.1, 0.15) is 5.69 Å². The second-order valence-corrected chi connectivity index (χ2v) is 5.76. The van der Waals surface area contributed by atoms with Crippen LogP contribution in [0.15, 0.2) is 36.5 Å². The number of hydrogen-bond donors (Lipinski definition) is 2. The highest BCUT2D eigenvalue weighted by atomic mass is 16.5. The van der Waals surface area contributed by atoms with Gasteiger partial charge in [0.25, 0.3) is 5.91 Å². The number of hydrogen-bond acceptors (Lipinski definition) is 5. The fourth-order valence-electron chi connectivity index (χ4n) is 2.20. The minimum absolute atomic E-state index is 0.167. The molecule has 0 aliphatic heterocycles. The van der Waals surface area contributed by atoms with Crippen molar-refractivity contribution < 1.29 is 23.9 Å². The summed E-state index contributed by atoms with van der Waals surface area (Å²) in [5.41, 5.74) is 6.44. The summed E-state index contributed by atoms with van der Waals surface area (Å²) in [5, 5.41) is 2.57. The number of ether oxygens (including phenoxy) is 1. The lowest BCUT2D eigenvalue weighted by Gasteiger charge is -2.14. The topological polar surface area (TPSA) is 120 Å². The van der Waals surface area contributed by atoms with Gasteiger partial charge in [-0.1, -0.05) is 0 Å². The number of amides is 2. The van der Waals surface area contributed by atoms with Crippen LogP contribution in [0.4, 0.5) is 5.69 Å². The van der Waals surface area contributed by atoms with Crippen LogP contribution < -0.4 is 11.1 Å². The number of primary amides is 1. The summed E-state index contributed by atoms with van der Waals surface area (Å²) in [6.45, 7) is 2.82. The van der Waals surface area contributed by atoms with Gasteiger partial charge in [-0.25, -0.2) is 4.79 Å². The molecular weight excluding hydrogens is 338 g/mol. The van der Waals surface area contributed by atoms with Crippen molar-refractivity contribution in [3.63, 3.8) is 0 Å². The molecule has 8 heteroatoms. The predicted octanol–water partition coefficient (Wildman–Crippen LogP) is 1.51. The maximum Gasteiger partial charge on any atom is 0.355 e. The van der Waals surface area contributed by atoms with Gasteiger partial charge < -0.3 is 20.4 Å². The van der Waals surface area contributed by atoms with Crippen LogP contribution in [0.1, 0.15) is 45.1 Å². The van der Waals surface area contributed by atoms with Crippen LogP contribution in [-0.4, -0.2) is 34.2 Å². The number of carbonyl (C=O) groups excluding carboxylic acids is 4. The fourth-order valence-corrected chi connectivity index (χ4v) is 2.20. The highest BCUT2D eigenvalue weighted by molar-refractivity contribution is 6.00. The van der Waals surface area contributed by atoms with Crippen molar-refractivity contribution in [2.45, 2.75) is 20.0 Å². The molecule has 2 aromatic rings. The van der Waals surface area contributed by atoms with Gasteiger partial charge in [0.15, 0.2) is 11.9 Å². The van der Waals surface area contributed by atoms with E-state index in [2.05, 4.69) is 5.32 Å². The molecule has 1 heterocycles. The number of nitrogens with two attached hydrogens (primary N) is 1. The largest absolute Gasteiger partial charge is 0.448 e. The number of Topliss-reactive ketones (excluding diaryl/α,β-unsaturated/α-hetero) is 1. The molecule has 0 radical (unpaired) electrons. The Kier molecular flexibility index (Phi) is 5.56. The minimum Gasteiger partial charge on any atom is -0.448 e. The number of aromatic nitrogens is 1. The summed E-state index contributed by atoms with van der Waals surface area (Å²) >= 11 is 0. The van der Waals surface area contributed by atoms with Gasteiger partial charge >= 0.3 is 5.97 Å². The highest BCUT2D eigenvalue weighted by Gasteiger charge is 2.22. The molecule has 2 rings (SSSR count). The Balaban J connectivity index is 2.01.